The molecule has 1 unspecified atom stereocenters. The summed E-state index contributed by atoms with van der Waals surface area (Å²) in [5.74, 6) is 1.03. The molecule has 1 aliphatic carbocycles. The number of benzene rings is 1. The minimum atomic E-state index is 0.0296. The van der Waals surface area contributed by atoms with Gasteiger partial charge in [0.1, 0.15) is 0 Å². The summed E-state index contributed by atoms with van der Waals surface area (Å²) < 4.78 is 8.92. The van der Waals surface area contributed by atoms with Crippen molar-refractivity contribution in [3.05, 3.63) is 40.0 Å². The fourth-order valence-electron chi connectivity index (χ4n) is 3.43. The van der Waals surface area contributed by atoms with E-state index in [0.29, 0.717) is 11.8 Å². The summed E-state index contributed by atoms with van der Waals surface area (Å²) >= 11 is 10.3. The monoisotopic (exact) mass is 380 g/mol. The minimum Gasteiger partial charge on any atom is -0.356 e. The van der Waals surface area contributed by atoms with E-state index in [-0.39, 0.29) is 6.23 Å². The van der Waals surface area contributed by atoms with Gasteiger partial charge in [-0.3, -0.25) is 0 Å². The number of aromatic nitrogens is 2. The van der Waals surface area contributed by atoms with Crippen molar-refractivity contribution in [3.8, 4) is 0 Å². The van der Waals surface area contributed by atoms with Gasteiger partial charge in [0.15, 0.2) is 6.23 Å². The minimum absolute atomic E-state index is 0.0296. The molecular weight excluding hydrogens is 364 g/mol. The van der Waals surface area contributed by atoms with Crippen LogP contribution < -0.4 is 0 Å². The first-order valence-corrected chi connectivity index (χ1v) is 8.97. The van der Waals surface area contributed by atoms with Crippen LogP contribution in [-0.4, -0.2) is 16.4 Å². The summed E-state index contributed by atoms with van der Waals surface area (Å²) in [5, 5.41) is 6.49. The topological polar surface area (TPSA) is 27.1 Å². The Bertz CT molecular complexity index is 736. The highest BCUT2D eigenvalue weighted by Crippen LogP contribution is 2.53. The standard InChI is InChI=1S/C17H18BrClN2O/c1-2-10-7-11(10)16-13(19)8-14-12(17(16)18)9-20-21(14)15-5-3-4-6-22-15/h2,8-11,15H,1,3-7H2/t10-,11-,15?/m0/s1. The molecule has 0 bridgehead atoms. The zero-order valence-electron chi connectivity index (χ0n) is 12.3. The number of rotatable bonds is 3. The lowest BCUT2D eigenvalue weighted by Gasteiger charge is -2.23. The molecule has 3 atom stereocenters. The van der Waals surface area contributed by atoms with Gasteiger partial charge in [-0.05, 0) is 65.1 Å². The highest BCUT2D eigenvalue weighted by molar-refractivity contribution is 9.10. The number of halogens is 2. The van der Waals surface area contributed by atoms with E-state index >= 15 is 0 Å². The fourth-order valence-corrected chi connectivity index (χ4v) is 4.69. The lowest BCUT2D eigenvalue weighted by atomic mass is 10.1. The summed E-state index contributed by atoms with van der Waals surface area (Å²) in [5.41, 5.74) is 2.24. The van der Waals surface area contributed by atoms with E-state index in [1.54, 1.807) is 0 Å². The van der Waals surface area contributed by atoms with Gasteiger partial charge in [0.25, 0.3) is 0 Å². The van der Waals surface area contributed by atoms with Gasteiger partial charge in [0.05, 0.1) is 11.7 Å². The molecule has 1 aromatic heterocycles. The van der Waals surface area contributed by atoms with E-state index in [1.165, 1.54) is 12.0 Å². The van der Waals surface area contributed by atoms with Gasteiger partial charge in [-0.2, -0.15) is 5.10 Å². The van der Waals surface area contributed by atoms with E-state index in [2.05, 4.69) is 27.6 Å². The second-order valence-corrected chi connectivity index (χ2v) is 7.37. The second kappa shape index (κ2) is 5.66. The average Bonchev–Trinajstić information content (AvgIpc) is 3.18. The van der Waals surface area contributed by atoms with Gasteiger partial charge in [0.2, 0.25) is 0 Å². The molecule has 1 aliphatic heterocycles. The third kappa shape index (κ3) is 2.32. The van der Waals surface area contributed by atoms with Crippen LogP contribution in [0.1, 0.15) is 43.4 Å². The molecule has 116 valence electrons. The summed E-state index contributed by atoms with van der Waals surface area (Å²) in [7, 11) is 0. The van der Waals surface area contributed by atoms with Crippen LogP contribution in [0, 0.1) is 5.92 Å². The number of hydrogen-bond acceptors (Lipinski definition) is 2. The molecule has 22 heavy (non-hydrogen) atoms. The molecule has 3 nitrogen and oxygen atoms in total. The van der Waals surface area contributed by atoms with Crippen LogP contribution >= 0.6 is 27.5 Å². The first kappa shape index (κ1) is 14.7. The van der Waals surface area contributed by atoms with Crippen molar-refractivity contribution in [3.63, 3.8) is 0 Å². The Morgan fingerprint density at radius 3 is 3.00 bits per heavy atom. The van der Waals surface area contributed by atoms with E-state index in [0.717, 1.165) is 46.3 Å². The summed E-state index contributed by atoms with van der Waals surface area (Å²) in [6.45, 7) is 4.70. The molecule has 2 aliphatic rings. The molecule has 2 heterocycles. The van der Waals surface area contributed by atoms with Gasteiger partial charge in [-0.15, -0.1) is 6.58 Å². The molecule has 0 radical (unpaired) electrons. The molecule has 1 saturated carbocycles. The van der Waals surface area contributed by atoms with Crippen LogP contribution in [-0.2, 0) is 4.74 Å². The largest absolute Gasteiger partial charge is 0.356 e. The summed E-state index contributed by atoms with van der Waals surface area (Å²) in [4.78, 5) is 0. The van der Waals surface area contributed by atoms with E-state index in [9.17, 15) is 0 Å². The van der Waals surface area contributed by atoms with Crippen LogP contribution in [0.15, 0.2) is 29.4 Å². The lowest BCUT2D eigenvalue weighted by Crippen LogP contribution is -2.18. The molecule has 1 saturated heterocycles. The molecular formula is C17H18BrClN2O. The number of hydrogen-bond donors (Lipinski definition) is 0. The van der Waals surface area contributed by atoms with Gasteiger partial charge in [0, 0.05) is 21.5 Å². The first-order chi connectivity index (χ1) is 10.7. The van der Waals surface area contributed by atoms with Crippen molar-refractivity contribution < 1.29 is 4.74 Å². The fraction of sp³-hybridized carbons (Fsp3) is 0.471. The van der Waals surface area contributed by atoms with Crippen LogP contribution in [0.2, 0.25) is 5.02 Å². The second-order valence-electron chi connectivity index (χ2n) is 6.17. The normalized spacial score (nSPS) is 28.0. The van der Waals surface area contributed by atoms with Crippen LogP contribution in [0.5, 0.6) is 0 Å². The lowest BCUT2D eigenvalue weighted by molar-refractivity contribution is -0.0366. The number of fused-ring (bicyclic) bond motifs is 1. The number of nitrogens with zero attached hydrogens (tertiary/aromatic N) is 2. The molecule has 0 N–H and O–H groups in total. The van der Waals surface area contributed by atoms with Crippen molar-refractivity contribution >= 4 is 38.4 Å². The third-order valence-electron chi connectivity index (χ3n) is 4.77. The predicted molar refractivity (Wildman–Crippen MR) is 92.3 cm³/mol. The Labute approximate surface area is 143 Å². The molecule has 4 rings (SSSR count). The molecule has 2 fully saturated rings. The van der Waals surface area contributed by atoms with Crippen molar-refractivity contribution in [1.29, 1.82) is 0 Å². The smallest absolute Gasteiger partial charge is 0.150 e. The maximum absolute atomic E-state index is 6.59. The maximum Gasteiger partial charge on any atom is 0.150 e. The zero-order chi connectivity index (χ0) is 15.3. The molecule has 0 amide bonds. The molecule has 1 aromatic carbocycles. The van der Waals surface area contributed by atoms with E-state index in [1.807, 2.05) is 23.0 Å². The van der Waals surface area contributed by atoms with Gasteiger partial charge in [-0.1, -0.05) is 17.7 Å². The zero-order valence-corrected chi connectivity index (χ0v) is 14.6. The summed E-state index contributed by atoms with van der Waals surface area (Å²) in [6.07, 6.45) is 8.43. The Hall–Kier alpha value is -0.840. The van der Waals surface area contributed by atoms with Crippen LogP contribution in [0.25, 0.3) is 10.9 Å². The van der Waals surface area contributed by atoms with E-state index < -0.39 is 0 Å². The predicted octanol–water partition coefficient (Wildman–Crippen LogP) is 5.44. The SMILES string of the molecule is C=C[C@H]1C[C@@H]1c1c(Cl)cc2c(cnn2C2CCCCO2)c1Br. The van der Waals surface area contributed by atoms with Gasteiger partial charge >= 0.3 is 0 Å². The quantitative estimate of drug-likeness (QED) is 0.662. The molecule has 5 heteroatoms. The Morgan fingerprint density at radius 1 is 1.45 bits per heavy atom. The maximum atomic E-state index is 6.59. The van der Waals surface area contributed by atoms with Crippen molar-refractivity contribution in [1.82, 2.24) is 9.78 Å². The summed E-state index contributed by atoms with van der Waals surface area (Å²) in [6, 6.07) is 2.04. The highest BCUT2D eigenvalue weighted by Gasteiger charge is 2.39. The number of ether oxygens (including phenoxy) is 1. The van der Waals surface area contributed by atoms with Crippen LogP contribution in [0.3, 0.4) is 0 Å². The Kier molecular flexibility index (Phi) is 3.79. The van der Waals surface area contributed by atoms with Crippen LogP contribution in [0.4, 0.5) is 0 Å². The average molecular weight is 382 g/mol. The van der Waals surface area contributed by atoms with E-state index in [4.69, 9.17) is 16.3 Å². The third-order valence-corrected chi connectivity index (χ3v) is 5.94. The van der Waals surface area contributed by atoms with Gasteiger partial charge < -0.3 is 4.74 Å². The number of allylic oxidation sites excluding steroid dienone is 1. The van der Waals surface area contributed by atoms with Crippen molar-refractivity contribution in [2.45, 2.75) is 37.8 Å². The first-order valence-electron chi connectivity index (χ1n) is 7.80. The van der Waals surface area contributed by atoms with Crippen molar-refractivity contribution in [2.75, 3.05) is 6.61 Å². The molecule has 2 aromatic rings. The van der Waals surface area contributed by atoms with Gasteiger partial charge in [-0.25, -0.2) is 4.68 Å². The Morgan fingerprint density at radius 2 is 2.32 bits per heavy atom. The van der Waals surface area contributed by atoms with Crippen molar-refractivity contribution in [2.24, 2.45) is 5.92 Å². The molecule has 0 spiro atoms. The Balaban J connectivity index is 1.79. The highest BCUT2D eigenvalue weighted by atomic mass is 79.9.